The zero-order valence-corrected chi connectivity index (χ0v) is 7.47. The highest BCUT2D eigenvalue weighted by atomic mass is 16.4. The van der Waals surface area contributed by atoms with Gasteiger partial charge in [-0.05, 0) is 6.42 Å². The Morgan fingerprint density at radius 2 is 2.54 bits per heavy atom. The van der Waals surface area contributed by atoms with Crippen LogP contribution in [0.1, 0.15) is 19.0 Å². The lowest BCUT2D eigenvalue weighted by molar-refractivity contribution is 0.196. The lowest BCUT2D eigenvalue weighted by atomic mass is 10.1. The fourth-order valence-corrected chi connectivity index (χ4v) is 0.987. The fraction of sp³-hybridized carbons (Fsp3) is 0.500. The maximum Gasteiger partial charge on any atom is 0.416 e. The third-order valence-corrected chi connectivity index (χ3v) is 1.85. The number of hydrogen-bond donors (Lipinski definition) is 2. The molecule has 0 spiro atoms. The van der Waals surface area contributed by atoms with Gasteiger partial charge in [0.1, 0.15) is 6.33 Å². The molecule has 0 amide bonds. The second-order valence-corrected chi connectivity index (χ2v) is 2.93. The second kappa shape index (κ2) is 4.04. The van der Waals surface area contributed by atoms with Gasteiger partial charge in [-0.25, -0.2) is 14.3 Å². The molecule has 0 aliphatic carbocycles. The van der Waals surface area contributed by atoms with Crippen LogP contribution in [-0.2, 0) is 6.42 Å². The number of hydrogen-bond acceptors (Lipinski definition) is 3. The van der Waals surface area contributed by atoms with Gasteiger partial charge in [0, 0.05) is 18.7 Å². The van der Waals surface area contributed by atoms with E-state index in [1.54, 1.807) is 0 Å². The van der Waals surface area contributed by atoms with Crippen molar-refractivity contribution in [3.05, 3.63) is 18.2 Å². The molecule has 3 N–H and O–H groups in total. The molecule has 5 nitrogen and oxygen atoms in total. The summed E-state index contributed by atoms with van der Waals surface area (Å²) in [6, 6.07) is 0.0529. The van der Waals surface area contributed by atoms with Crippen molar-refractivity contribution in [2.45, 2.75) is 25.8 Å². The Labute approximate surface area is 76.2 Å². The van der Waals surface area contributed by atoms with Crippen molar-refractivity contribution in [3.8, 4) is 0 Å². The summed E-state index contributed by atoms with van der Waals surface area (Å²) in [5.74, 6) is 0. The molecule has 1 heterocycles. The molecular formula is C8H13N3O2. The number of aromatic nitrogens is 2. The van der Waals surface area contributed by atoms with Crippen molar-refractivity contribution in [1.29, 1.82) is 0 Å². The predicted molar refractivity (Wildman–Crippen MR) is 47.6 cm³/mol. The van der Waals surface area contributed by atoms with E-state index >= 15 is 0 Å². The summed E-state index contributed by atoms with van der Waals surface area (Å²) >= 11 is 0. The van der Waals surface area contributed by atoms with E-state index in [0.29, 0.717) is 6.42 Å². The molecule has 1 aromatic rings. The largest absolute Gasteiger partial charge is 0.464 e. The van der Waals surface area contributed by atoms with Gasteiger partial charge >= 0.3 is 6.09 Å². The number of carbonyl (C=O) groups is 1. The molecule has 0 aliphatic rings. The summed E-state index contributed by atoms with van der Waals surface area (Å²) < 4.78 is 1.03. The summed E-state index contributed by atoms with van der Waals surface area (Å²) in [5, 5.41) is 8.58. The third-order valence-electron chi connectivity index (χ3n) is 1.85. The highest BCUT2D eigenvalue weighted by molar-refractivity contribution is 5.67. The molecule has 0 saturated carbocycles. The Hall–Kier alpha value is -1.36. The average molecular weight is 183 g/mol. The first-order valence-corrected chi connectivity index (χ1v) is 4.15. The van der Waals surface area contributed by atoms with E-state index < -0.39 is 6.09 Å². The maximum absolute atomic E-state index is 10.5. The van der Waals surface area contributed by atoms with E-state index in [2.05, 4.69) is 4.98 Å². The summed E-state index contributed by atoms with van der Waals surface area (Å²) in [6.45, 7) is 1.98. The highest BCUT2D eigenvalue weighted by Crippen LogP contribution is 2.01. The first-order valence-electron chi connectivity index (χ1n) is 4.15. The number of rotatable bonds is 3. The van der Waals surface area contributed by atoms with Crippen molar-refractivity contribution >= 4 is 6.09 Å². The van der Waals surface area contributed by atoms with E-state index in [-0.39, 0.29) is 6.04 Å². The van der Waals surface area contributed by atoms with Gasteiger partial charge in [0.25, 0.3) is 0 Å². The minimum atomic E-state index is -1.02. The van der Waals surface area contributed by atoms with Gasteiger partial charge < -0.3 is 10.8 Å². The van der Waals surface area contributed by atoms with E-state index in [4.69, 9.17) is 10.8 Å². The monoisotopic (exact) mass is 183 g/mol. The van der Waals surface area contributed by atoms with Crippen LogP contribution in [-0.4, -0.2) is 26.8 Å². The van der Waals surface area contributed by atoms with Crippen LogP contribution in [0.25, 0.3) is 0 Å². The van der Waals surface area contributed by atoms with Crippen LogP contribution >= 0.6 is 0 Å². The van der Waals surface area contributed by atoms with Gasteiger partial charge in [-0.3, -0.25) is 0 Å². The van der Waals surface area contributed by atoms with Gasteiger partial charge in [0.15, 0.2) is 0 Å². The van der Waals surface area contributed by atoms with Crippen molar-refractivity contribution in [2.24, 2.45) is 5.73 Å². The molecule has 1 aromatic heterocycles. The average Bonchev–Trinajstić information content (AvgIpc) is 2.52. The zero-order valence-electron chi connectivity index (χ0n) is 7.47. The molecule has 0 aliphatic heterocycles. The van der Waals surface area contributed by atoms with Gasteiger partial charge in [0.05, 0.1) is 5.69 Å². The van der Waals surface area contributed by atoms with Gasteiger partial charge in [0.2, 0.25) is 0 Å². The number of nitrogens with two attached hydrogens (primary N) is 1. The van der Waals surface area contributed by atoms with E-state index in [9.17, 15) is 4.79 Å². The van der Waals surface area contributed by atoms with Crippen LogP contribution in [0.3, 0.4) is 0 Å². The van der Waals surface area contributed by atoms with Crippen molar-refractivity contribution in [2.75, 3.05) is 0 Å². The van der Waals surface area contributed by atoms with Crippen LogP contribution in [0.2, 0.25) is 0 Å². The van der Waals surface area contributed by atoms with Crippen molar-refractivity contribution in [3.63, 3.8) is 0 Å². The molecule has 0 saturated heterocycles. The molecule has 0 unspecified atom stereocenters. The first kappa shape index (κ1) is 9.73. The smallest absolute Gasteiger partial charge is 0.416 e. The first-order chi connectivity index (χ1) is 6.13. The molecule has 0 bridgehead atoms. The minimum Gasteiger partial charge on any atom is -0.464 e. The van der Waals surface area contributed by atoms with Crippen LogP contribution in [0.4, 0.5) is 4.79 Å². The summed E-state index contributed by atoms with van der Waals surface area (Å²) in [7, 11) is 0. The number of carboxylic acid groups (broad SMARTS) is 1. The van der Waals surface area contributed by atoms with Gasteiger partial charge in [-0.15, -0.1) is 0 Å². The maximum atomic E-state index is 10.5. The van der Waals surface area contributed by atoms with Crippen LogP contribution < -0.4 is 5.73 Å². The topological polar surface area (TPSA) is 81.1 Å². The number of imidazole rings is 1. The fourth-order valence-electron chi connectivity index (χ4n) is 0.987. The van der Waals surface area contributed by atoms with Crippen LogP contribution in [0.15, 0.2) is 12.5 Å². The zero-order chi connectivity index (χ0) is 9.84. The summed E-state index contributed by atoms with van der Waals surface area (Å²) in [5.41, 5.74) is 6.41. The lowest BCUT2D eigenvalue weighted by Gasteiger charge is -2.04. The molecule has 1 rings (SSSR count). The quantitative estimate of drug-likeness (QED) is 0.722. The minimum absolute atomic E-state index is 0.0529. The molecule has 72 valence electrons. The predicted octanol–water partition coefficient (Wildman–Crippen LogP) is 0.689. The Morgan fingerprint density at radius 3 is 3.00 bits per heavy atom. The summed E-state index contributed by atoms with van der Waals surface area (Å²) in [4.78, 5) is 14.4. The van der Waals surface area contributed by atoms with Crippen molar-refractivity contribution in [1.82, 2.24) is 9.55 Å². The van der Waals surface area contributed by atoms with E-state index in [1.807, 2.05) is 6.92 Å². The molecule has 13 heavy (non-hydrogen) atoms. The van der Waals surface area contributed by atoms with E-state index in [1.165, 1.54) is 12.5 Å². The Bertz CT molecular complexity index is 295. The van der Waals surface area contributed by atoms with E-state index in [0.717, 1.165) is 16.7 Å². The standard InChI is InChI=1S/C8H13N3O2/c1-2-6(9)3-7-4-11(5-10-7)8(12)13/h4-6H,2-3,9H2,1H3,(H,12,13)/t6-/m1/s1. The highest BCUT2D eigenvalue weighted by Gasteiger charge is 2.06. The second-order valence-electron chi connectivity index (χ2n) is 2.93. The molecule has 0 radical (unpaired) electrons. The molecule has 0 fully saturated rings. The lowest BCUT2D eigenvalue weighted by Crippen LogP contribution is -2.21. The third kappa shape index (κ3) is 2.55. The Balaban J connectivity index is 2.64. The summed E-state index contributed by atoms with van der Waals surface area (Å²) in [6.07, 6.45) is 3.22. The Morgan fingerprint density at radius 1 is 1.85 bits per heavy atom. The van der Waals surface area contributed by atoms with Gasteiger partial charge in [-0.1, -0.05) is 6.92 Å². The molecule has 1 atom stereocenters. The normalized spacial score (nSPS) is 12.8. The number of nitrogens with zero attached hydrogens (tertiary/aromatic N) is 2. The molecule has 0 aromatic carbocycles. The van der Waals surface area contributed by atoms with Gasteiger partial charge in [-0.2, -0.15) is 0 Å². The van der Waals surface area contributed by atoms with Crippen molar-refractivity contribution < 1.29 is 9.90 Å². The van der Waals surface area contributed by atoms with Crippen LogP contribution in [0, 0.1) is 0 Å². The SMILES string of the molecule is CC[C@@H](N)Cc1cn(C(=O)O)cn1. The molecule has 5 heteroatoms. The molecular weight excluding hydrogens is 170 g/mol. The Kier molecular flexibility index (Phi) is 3.02. The van der Waals surface area contributed by atoms with Crippen LogP contribution in [0.5, 0.6) is 0 Å².